The first-order valence-electron chi connectivity index (χ1n) is 8.83. The number of nitrogens with zero attached hydrogens (tertiary/aromatic N) is 4. The molecule has 0 spiro atoms. The van der Waals surface area contributed by atoms with E-state index in [4.69, 9.17) is 4.74 Å². The summed E-state index contributed by atoms with van der Waals surface area (Å²) >= 11 is 0. The van der Waals surface area contributed by atoms with Gasteiger partial charge in [0.2, 0.25) is 0 Å². The smallest absolute Gasteiger partial charge is 0.360 e. The van der Waals surface area contributed by atoms with E-state index in [-0.39, 0.29) is 11.6 Å². The van der Waals surface area contributed by atoms with Gasteiger partial charge < -0.3 is 10.1 Å². The molecule has 2 aromatic heterocycles. The number of nitrogens with one attached hydrogen (secondary N) is 1. The van der Waals surface area contributed by atoms with Crippen LogP contribution >= 0.6 is 0 Å². The molecule has 0 aliphatic carbocycles. The predicted molar refractivity (Wildman–Crippen MR) is 104 cm³/mol. The zero-order valence-corrected chi connectivity index (χ0v) is 16.6. The lowest BCUT2D eigenvalue weighted by molar-refractivity contribution is 0.0594. The molecule has 3 aromatic rings. The Labute approximate surface area is 163 Å². The summed E-state index contributed by atoms with van der Waals surface area (Å²) in [5.41, 5.74) is 4.54. The molecule has 0 radical (unpaired) electrons. The van der Waals surface area contributed by atoms with Gasteiger partial charge in [-0.3, -0.25) is 14.2 Å². The fraction of sp³-hybridized carbons (Fsp3) is 0.300. The number of methoxy groups -OCH3 is 1. The van der Waals surface area contributed by atoms with E-state index in [1.165, 1.54) is 11.8 Å². The number of esters is 1. The molecule has 2 heterocycles. The van der Waals surface area contributed by atoms with Crippen molar-refractivity contribution in [1.82, 2.24) is 19.6 Å². The van der Waals surface area contributed by atoms with Gasteiger partial charge in [0.05, 0.1) is 30.7 Å². The van der Waals surface area contributed by atoms with Crippen LogP contribution in [-0.2, 0) is 18.3 Å². The number of anilines is 1. The van der Waals surface area contributed by atoms with Gasteiger partial charge in [-0.25, -0.2) is 4.79 Å². The molecule has 1 N–H and O–H groups in total. The first-order chi connectivity index (χ1) is 13.3. The van der Waals surface area contributed by atoms with E-state index in [2.05, 4.69) is 15.5 Å². The Bertz CT molecular complexity index is 1050. The van der Waals surface area contributed by atoms with Crippen LogP contribution in [0.2, 0.25) is 0 Å². The van der Waals surface area contributed by atoms with Crippen molar-refractivity contribution < 1.29 is 14.3 Å². The Kier molecular flexibility index (Phi) is 5.30. The van der Waals surface area contributed by atoms with Gasteiger partial charge in [0.15, 0.2) is 5.69 Å². The third-order valence-electron chi connectivity index (χ3n) is 4.58. The van der Waals surface area contributed by atoms with Gasteiger partial charge in [-0.2, -0.15) is 10.2 Å². The summed E-state index contributed by atoms with van der Waals surface area (Å²) in [7, 11) is 2.98. The molecule has 0 saturated carbocycles. The van der Waals surface area contributed by atoms with E-state index in [1.807, 2.05) is 42.8 Å². The molecule has 0 atom stereocenters. The summed E-state index contributed by atoms with van der Waals surface area (Å²) in [6.45, 7) is 6.28. The Hall–Kier alpha value is -3.42. The summed E-state index contributed by atoms with van der Waals surface area (Å²) < 4.78 is 8.18. The molecule has 0 aliphatic heterocycles. The first-order valence-corrected chi connectivity index (χ1v) is 8.83. The summed E-state index contributed by atoms with van der Waals surface area (Å²) in [4.78, 5) is 24.7. The standard InChI is InChI=1S/C20H23N5O3/c1-12-9-13(2)25(22-12)11-15-7-6-8-16(10-15)19(26)21-17-14(3)24(4)23-18(17)20(27)28-5/h6-10H,11H2,1-5H3,(H,21,26). The highest BCUT2D eigenvalue weighted by Crippen LogP contribution is 2.21. The number of carbonyl (C=O) groups is 2. The van der Waals surface area contributed by atoms with Gasteiger partial charge in [-0.1, -0.05) is 12.1 Å². The molecular formula is C20H23N5O3. The highest BCUT2D eigenvalue weighted by atomic mass is 16.5. The van der Waals surface area contributed by atoms with Crippen LogP contribution in [0.4, 0.5) is 5.69 Å². The molecular weight excluding hydrogens is 358 g/mol. The maximum Gasteiger partial charge on any atom is 0.360 e. The van der Waals surface area contributed by atoms with E-state index < -0.39 is 5.97 Å². The van der Waals surface area contributed by atoms with E-state index in [0.29, 0.717) is 23.5 Å². The van der Waals surface area contributed by atoms with Crippen molar-refractivity contribution in [1.29, 1.82) is 0 Å². The van der Waals surface area contributed by atoms with Crippen molar-refractivity contribution in [3.05, 3.63) is 64.2 Å². The number of benzene rings is 1. The highest BCUT2D eigenvalue weighted by molar-refractivity contribution is 6.08. The second kappa shape index (κ2) is 7.67. The summed E-state index contributed by atoms with van der Waals surface area (Å²) in [5, 5.41) is 11.4. The number of ether oxygens (including phenoxy) is 1. The largest absolute Gasteiger partial charge is 0.464 e. The highest BCUT2D eigenvalue weighted by Gasteiger charge is 2.22. The van der Waals surface area contributed by atoms with E-state index >= 15 is 0 Å². The number of aromatic nitrogens is 4. The minimum atomic E-state index is -0.600. The quantitative estimate of drug-likeness (QED) is 0.686. The van der Waals surface area contributed by atoms with Crippen LogP contribution in [0.25, 0.3) is 0 Å². The molecule has 8 heteroatoms. The molecule has 1 aromatic carbocycles. The fourth-order valence-electron chi connectivity index (χ4n) is 3.00. The average molecular weight is 381 g/mol. The summed E-state index contributed by atoms with van der Waals surface area (Å²) in [6.07, 6.45) is 0. The van der Waals surface area contributed by atoms with Gasteiger partial charge in [-0.05, 0) is 44.5 Å². The topological polar surface area (TPSA) is 91.0 Å². The lowest BCUT2D eigenvalue weighted by Crippen LogP contribution is -2.16. The maximum atomic E-state index is 12.8. The Morgan fingerprint density at radius 3 is 2.54 bits per heavy atom. The molecule has 0 unspecified atom stereocenters. The average Bonchev–Trinajstić information content (AvgIpc) is 3.13. The van der Waals surface area contributed by atoms with Gasteiger partial charge in [0.1, 0.15) is 0 Å². The van der Waals surface area contributed by atoms with Crippen molar-refractivity contribution in [2.24, 2.45) is 7.05 Å². The number of amides is 1. The molecule has 0 aliphatic rings. The Morgan fingerprint density at radius 1 is 1.14 bits per heavy atom. The van der Waals surface area contributed by atoms with E-state index in [9.17, 15) is 9.59 Å². The normalized spacial score (nSPS) is 10.8. The molecule has 1 amide bonds. The lowest BCUT2D eigenvalue weighted by atomic mass is 10.1. The van der Waals surface area contributed by atoms with Crippen LogP contribution < -0.4 is 5.32 Å². The van der Waals surface area contributed by atoms with Crippen LogP contribution in [0.1, 0.15) is 43.5 Å². The van der Waals surface area contributed by atoms with Crippen LogP contribution in [0.5, 0.6) is 0 Å². The van der Waals surface area contributed by atoms with Crippen molar-refractivity contribution in [2.45, 2.75) is 27.3 Å². The molecule has 0 saturated heterocycles. The van der Waals surface area contributed by atoms with E-state index in [0.717, 1.165) is 17.0 Å². The number of carbonyl (C=O) groups excluding carboxylic acids is 2. The van der Waals surface area contributed by atoms with Gasteiger partial charge in [0, 0.05) is 18.3 Å². The van der Waals surface area contributed by atoms with Gasteiger partial charge in [-0.15, -0.1) is 0 Å². The number of hydrogen-bond donors (Lipinski definition) is 1. The minimum absolute atomic E-state index is 0.0784. The van der Waals surface area contributed by atoms with Gasteiger partial charge in [0.25, 0.3) is 5.91 Å². The number of hydrogen-bond acceptors (Lipinski definition) is 5. The van der Waals surface area contributed by atoms with Crippen molar-refractivity contribution >= 4 is 17.6 Å². The fourth-order valence-corrected chi connectivity index (χ4v) is 3.00. The molecule has 28 heavy (non-hydrogen) atoms. The predicted octanol–water partition coefficient (Wildman–Crippen LogP) is 2.63. The lowest BCUT2D eigenvalue weighted by Gasteiger charge is -2.09. The monoisotopic (exact) mass is 381 g/mol. The SMILES string of the molecule is COC(=O)c1nn(C)c(C)c1NC(=O)c1cccc(Cn2nc(C)cc2C)c1. The second-order valence-corrected chi connectivity index (χ2v) is 6.66. The molecule has 0 fully saturated rings. The number of rotatable bonds is 5. The van der Waals surface area contributed by atoms with Crippen molar-refractivity contribution in [2.75, 3.05) is 12.4 Å². The summed E-state index contributed by atoms with van der Waals surface area (Å²) in [6, 6.07) is 9.32. The van der Waals surface area contributed by atoms with Crippen LogP contribution in [0, 0.1) is 20.8 Å². The molecule has 0 bridgehead atoms. The van der Waals surface area contributed by atoms with Crippen LogP contribution in [0.15, 0.2) is 30.3 Å². The third-order valence-corrected chi connectivity index (χ3v) is 4.58. The van der Waals surface area contributed by atoms with E-state index in [1.54, 1.807) is 20.0 Å². The summed E-state index contributed by atoms with van der Waals surface area (Å²) in [5.74, 6) is -0.922. The Morgan fingerprint density at radius 2 is 1.89 bits per heavy atom. The number of aryl methyl sites for hydroxylation is 3. The maximum absolute atomic E-state index is 12.8. The molecule has 8 nitrogen and oxygen atoms in total. The van der Waals surface area contributed by atoms with Crippen LogP contribution in [-0.4, -0.2) is 38.5 Å². The molecule has 3 rings (SSSR count). The minimum Gasteiger partial charge on any atom is -0.464 e. The van der Waals surface area contributed by atoms with Gasteiger partial charge >= 0.3 is 5.97 Å². The first kappa shape index (κ1) is 19.3. The Balaban J connectivity index is 1.84. The zero-order valence-electron chi connectivity index (χ0n) is 16.6. The van der Waals surface area contributed by atoms with Crippen molar-refractivity contribution in [3.63, 3.8) is 0 Å². The van der Waals surface area contributed by atoms with Crippen molar-refractivity contribution in [3.8, 4) is 0 Å². The third kappa shape index (κ3) is 3.80. The molecule has 146 valence electrons. The second-order valence-electron chi connectivity index (χ2n) is 6.66. The van der Waals surface area contributed by atoms with Crippen LogP contribution in [0.3, 0.4) is 0 Å². The zero-order chi connectivity index (χ0) is 20.4.